The minimum Gasteiger partial charge on any atom is -0.484 e. The van der Waals surface area contributed by atoms with Crippen molar-refractivity contribution in [2.24, 2.45) is 5.92 Å². The number of hydrogen-bond acceptors (Lipinski definition) is 3. The van der Waals surface area contributed by atoms with Crippen LogP contribution in [0.1, 0.15) is 25.7 Å². The predicted octanol–water partition coefficient (Wildman–Crippen LogP) is 2.89. The minimum absolute atomic E-state index is 0.00693. The Bertz CT molecular complexity index is 670. The van der Waals surface area contributed by atoms with Crippen molar-refractivity contribution >= 4 is 16.7 Å². The molecule has 0 bridgehead atoms. The lowest BCUT2D eigenvalue weighted by Crippen LogP contribution is -2.45. The van der Waals surface area contributed by atoms with Gasteiger partial charge in [0.15, 0.2) is 6.61 Å². The van der Waals surface area contributed by atoms with Crippen molar-refractivity contribution in [2.45, 2.75) is 31.7 Å². The van der Waals surface area contributed by atoms with Crippen LogP contribution in [-0.2, 0) is 4.79 Å². The van der Waals surface area contributed by atoms with Crippen LogP contribution in [0.25, 0.3) is 10.8 Å². The summed E-state index contributed by atoms with van der Waals surface area (Å²) in [5.74, 6) is 0.748. The predicted molar refractivity (Wildman–Crippen MR) is 90.4 cm³/mol. The average Bonchev–Trinajstić information content (AvgIpc) is 2.60. The van der Waals surface area contributed by atoms with Crippen LogP contribution in [0, 0.1) is 5.92 Å². The second-order valence-electron chi connectivity index (χ2n) is 6.20. The van der Waals surface area contributed by atoms with Crippen LogP contribution in [0.4, 0.5) is 0 Å². The number of amides is 1. The Kier molecular flexibility index (Phi) is 5.13. The summed E-state index contributed by atoms with van der Waals surface area (Å²) in [7, 11) is 0. The Morgan fingerprint density at radius 3 is 2.74 bits per heavy atom. The molecule has 0 radical (unpaired) electrons. The van der Waals surface area contributed by atoms with Gasteiger partial charge in [-0.1, -0.05) is 43.2 Å². The molecule has 4 nitrogen and oxygen atoms in total. The number of rotatable bonds is 5. The maximum atomic E-state index is 12.1. The molecule has 0 heterocycles. The summed E-state index contributed by atoms with van der Waals surface area (Å²) in [5.41, 5.74) is 0. The number of hydrogen-bond donors (Lipinski definition) is 2. The first-order valence-corrected chi connectivity index (χ1v) is 8.28. The van der Waals surface area contributed by atoms with Crippen molar-refractivity contribution in [3.8, 4) is 5.75 Å². The van der Waals surface area contributed by atoms with Gasteiger partial charge in [0.25, 0.3) is 5.91 Å². The second kappa shape index (κ2) is 7.47. The molecule has 2 unspecified atom stereocenters. The molecule has 1 aliphatic carbocycles. The van der Waals surface area contributed by atoms with Gasteiger partial charge >= 0.3 is 0 Å². The molecule has 2 aromatic rings. The van der Waals surface area contributed by atoms with Crippen LogP contribution in [0.5, 0.6) is 5.75 Å². The Labute approximate surface area is 136 Å². The molecular formula is C19H23NO3. The lowest BCUT2D eigenvalue weighted by atomic mass is 9.85. The molecule has 1 aliphatic rings. The van der Waals surface area contributed by atoms with Gasteiger partial charge in [0.05, 0.1) is 0 Å². The maximum Gasteiger partial charge on any atom is 0.258 e. The lowest BCUT2D eigenvalue weighted by Gasteiger charge is -2.30. The molecule has 2 aromatic carbocycles. The van der Waals surface area contributed by atoms with E-state index in [4.69, 9.17) is 4.74 Å². The highest BCUT2D eigenvalue weighted by atomic mass is 16.5. The van der Waals surface area contributed by atoms with Gasteiger partial charge in [0.2, 0.25) is 0 Å². The van der Waals surface area contributed by atoms with Gasteiger partial charge in [-0.3, -0.25) is 4.79 Å². The maximum absolute atomic E-state index is 12.1. The molecule has 0 saturated heterocycles. The standard InChI is InChI=1S/C19H23NO3/c21-12-16-7-3-4-8-18(16)20-19(22)13-23-17-10-9-14-5-1-2-6-15(14)11-17/h1-2,5-6,9-11,16,18,21H,3-4,7-8,12-13H2,(H,20,22). The first kappa shape index (κ1) is 15.8. The fraction of sp³-hybridized carbons (Fsp3) is 0.421. The van der Waals surface area contributed by atoms with E-state index in [0.29, 0.717) is 5.75 Å². The van der Waals surface area contributed by atoms with Crippen LogP contribution >= 0.6 is 0 Å². The van der Waals surface area contributed by atoms with Crippen molar-refractivity contribution in [1.82, 2.24) is 5.32 Å². The highest BCUT2D eigenvalue weighted by Gasteiger charge is 2.25. The number of carbonyl (C=O) groups is 1. The summed E-state index contributed by atoms with van der Waals surface area (Å²) >= 11 is 0. The van der Waals surface area contributed by atoms with E-state index in [1.165, 1.54) is 0 Å². The van der Waals surface area contributed by atoms with E-state index in [1.54, 1.807) is 0 Å². The van der Waals surface area contributed by atoms with Gasteiger partial charge in [0, 0.05) is 18.6 Å². The topological polar surface area (TPSA) is 58.6 Å². The van der Waals surface area contributed by atoms with Crippen LogP contribution in [0.3, 0.4) is 0 Å². The zero-order valence-corrected chi connectivity index (χ0v) is 13.2. The third-order valence-corrected chi connectivity index (χ3v) is 4.58. The zero-order chi connectivity index (χ0) is 16.1. The van der Waals surface area contributed by atoms with Crippen LogP contribution < -0.4 is 10.1 Å². The van der Waals surface area contributed by atoms with Crippen molar-refractivity contribution in [3.63, 3.8) is 0 Å². The van der Waals surface area contributed by atoms with Gasteiger partial charge in [-0.15, -0.1) is 0 Å². The first-order valence-electron chi connectivity index (χ1n) is 8.28. The summed E-state index contributed by atoms with van der Waals surface area (Å²) in [4.78, 5) is 12.1. The number of fused-ring (bicyclic) bond motifs is 1. The van der Waals surface area contributed by atoms with Gasteiger partial charge in [0.1, 0.15) is 5.75 Å². The van der Waals surface area contributed by atoms with E-state index in [2.05, 4.69) is 5.32 Å². The summed E-state index contributed by atoms with van der Waals surface area (Å²) < 4.78 is 5.61. The van der Waals surface area contributed by atoms with E-state index in [1.807, 2.05) is 42.5 Å². The highest BCUT2D eigenvalue weighted by Crippen LogP contribution is 2.24. The Morgan fingerprint density at radius 1 is 1.13 bits per heavy atom. The van der Waals surface area contributed by atoms with E-state index in [0.717, 1.165) is 36.5 Å². The van der Waals surface area contributed by atoms with E-state index in [9.17, 15) is 9.90 Å². The Balaban J connectivity index is 1.55. The number of ether oxygens (including phenoxy) is 1. The SMILES string of the molecule is O=C(COc1ccc2ccccc2c1)NC1CCCCC1CO. The number of nitrogens with one attached hydrogen (secondary N) is 1. The van der Waals surface area contributed by atoms with Gasteiger partial charge in [-0.05, 0) is 35.7 Å². The van der Waals surface area contributed by atoms with Gasteiger partial charge in [-0.25, -0.2) is 0 Å². The monoisotopic (exact) mass is 313 g/mol. The molecule has 0 aliphatic heterocycles. The van der Waals surface area contributed by atoms with Crippen LogP contribution in [-0.4, -0.2) is 30.3 Å². The smallest absolute Gasteiger partial charge is 0.258 e. The summed E-state index contributed by atoms with van der Waals surface area (Å²) in [5, 5.41) is 14.6. The van der Waals surface area contributed by atoms with Gasteiger partial charge in [-0.2, -0.15) is 0 Å². The molecule has 1 saturated carbocycles. The molecule has 0 spiro atoms. The largest absolute Gasteiger partial charge is 0.484 e. The number of aliphatic hydroxyl groups excluding tert-OH is 1. The molecule has 122 valence electrons. The fourth-order valence-corrected chi connectivity index (χ4v) is 3.27. The van der Waals surface area contributed by atoms with Gasteiger partial charge < -0.3 is 15.2 Å². The van der Waals surface area contributed by atoms with Crippen LogP contribution in [0.2, 0.25) is 0 Å². The highest BCUT2D eigenvalue weighted by molar-refractivity contribution is 5.84. The van der Waals surface area contributed by atoms with Crippen LogP contribution in [0.15, 0.2) is 42.5 Å². The molecular weight excluding hydrogens is 290 g/mol. The molecule has 23 heavy (non-hydrogen) atoms. The fourth-order valence-electron chi connectivity index (χ4n) is 3.27. The first-order chi connectivity index (χ1) is 11.3. The molecule has 1 amide bonds. The molecule has 2 atom stereocenters. The number of aliphatic hydroxyl groups is 1. The minimum atomic E-state index is -0.122. The summed E-state index contributed by atoms with van der Waals surface area (Å²) in [6, 6.07) is 13.9. The normalized spacial score (nSPS) is 21.1. The lowest BCUT2D eigenvalue weighted by molar-refractivity contribution is -0.124. The third kappa shape index (κ3) is 4.02. The Hall–Kier alpha value is -2.07. The van der Waals surface area contributed by atoms with E-state index < -0.39 is 0 Å². The van der Waals surface area contributed by atoms with Crippen molar-refractivity contribution < 1.29 is 14.6 Å². The molecule has 0 aromatic heterocycles. The molecule has 1 fully saturated rings. The van der Waals surface area contributed by atoms with Crippen molar-refractivity contribution in [3.05, 3.63) is 42.5 Å². The van der Waals surface area contributed by atoms with Crippen molar-refractivity contribution in [2.75, 3.05) is 13.2 Å². The molecule has 2 N–H and O–H groups in total. The Morgan fingerprint density at radius 2 is 1.91 bits per heavy atom. The number of benzene rings is 2. The second-order valence-corrected chi connectivity index (χ2v) is 6.20. The van der Waals surface area contributed by atoms with E-state index in [-0.39, 0.29) is 31.1 Å². The quantitative estimate of drug-likeness (QED) is 0.892. The zero-order valence-electron chi connectivity index (χ0n) is 13.2. The van der Waals surface area contributed by atoms with E-state index >= 15 is 0 Å². The average molecular weight is 313 g/mol. The third-order valence-electron chi connectivity index (χ3n) is 4.58. The summed E-state index contributed by atoms with van der Waals surface area (Å²) in [6.07, 6.45) is 4.15. The molecule has 4 heteroatoms. The van der Waals surface area contributed by atoms with Crippen molar-refractivity contribution in [1.29, 1.82) is 0 Å². The summed E-state index contributed by atoms with van der Waals surface area (Å²) in [6.45, 7) is 0.142. The number of carbonyl (C=O) groups excluding carboxylic acids is 1. The molecule has 3 rings (SSSR count).